The zero-order valence-corrected chi connectivity index (χ0v) is 49.9. The highest BCUT2D eigenvalue weighted by molar-refractivity contribution is 6.03. The molecule has 18 heteroatoms. The van der Waals surface area contributed by atoms with E-state index >= 15 is 0 Å². The number of likely N-dealkylation sites (N-methyl/N-ethyl adjacent to an activating group) is 2. The van der Waals surface area contributed by atoms with Gasteiger partial charge in [0.25, 0.3) is 11.8 Å². The van der Waals surface area contributed by atoms with E-state index in [-0.39, 0.29) is 72.5 Å². The normalized spacial score (nSPS) is 19.0. The van der Waals surface area contributed by atoms with Crippen LogP contribution in [0, 0.1) is 11.8 Å². The Morgan fingerprint density at radius 2 is 0.869 bits per heavy atom. The van der Waals surface area contributed by atoms with Crippen molar-refractivity contribution in [3.05, 3.63) is 119 Å². The van der Waals surface area contributed by atoms with Crippen LogP contribution in [0.25, 0.3) is 10.8 Å². The third-order valence-electron chi connectivity index (χ3n) is 18.1. The summed E-state index contributed by atoms with van der Waals surface area (Å²) < 4.78 is 0. The number of hydrogen-bond donors (Lipinski definition) is 6. The Morgan fingerprint density at radius 3 is 1.24 bits per heavy atom. The van der Waals surface area contributed by atoms with Crippen molar-refractivity contribution >= 4 is 58.0 Å². The minimum Gasteiger partial charge on any atom is -0.343 e. The highest BCUT2D eigenvalue weighted by Gasteiger charge is 2.41. The van der Waals surface area contributed by atoms with Crippen LogP contribution < -0.4 is 31.9 Å². The third kappa shape index (κ3) is 17.0. The second-order valence-corrected chi connectivity index (χ2v) is 23.7. The molecule has 84 heavy (non-hydrogen) atoms. The summed E-state index contributed by atoms with van der Waals surface area (Å²) in [6.07, 6.45) is 13.9. The van der Waals surface area contributed by atoms with Crippen LogP contribution in [0.1, 0.15) is 136 Å². The van der Waals surface area contributed by atoms with E-state index in [1.807, 2.05) is 70.5 Å². The summed E-state index contributed by atoms with van der Waals surface area (Å²) in [5.74, 6) is -1.95. The van der Waals surface area contributed by atoms with Crippen LogP contribution >= 0.6 is 0 Å². The second-order valence-electron chi connectivity index (χ2n) is 23.7. The molecule has 2 aliphatic heterocycles. The van der Waals surface area contributed by atoms with Gasteiger partial charge in [0.2, 0.25) is 35.4 Å². The van der Waals surface area contributed by atoms with E-state index in [2.05, 4.69) is 31.9 Å². The molecule has 2 heterocycles. The summed E-state index contributed by atoms with van der Waals surface area (Å²) in [7, 11) is 3.45. The molecular weight excluding hydrogens is 1060 g/mol. The molecule has 2 aliphatic carbocycles. The maximum atomic E-state index is 14.5. The lowest BCUT2D eigenvalue weighted by Crippen LogP contribution is -2.57. The van der Waals surface area contributed by atoms with E-state index in [0.29, 0.717) is 86.9 Å². The van der Waals surface area contributed by atoms with E-state index < -0.39 is 36.0 Å². The van der Waals surface area contributed by atoms with Gasteiger partial charge < -0.3 is 51.5 Å². The maximum absolute atomic E-state index is 14.5. The molecule has 0 aromatic heterocycles. The number of likely N-dealkylation sites (tertiary alicyclic amines) is 2. The van der Waals surface area contributed by atoms with E-state index in [1.54, 1.807) is 74.1 Å². The molecule has 18 nitrogen and oxygen atoms in total. The van der Waals surface area contributed by atoms with Gasteiger partial charge in [0.1, 0.15) is 12.1 Å². The van der Waals surface area contributed by atoms with Crippen molar-refractivity contribution in [3.63, 3.8) is 0 Å². The Hall–Kier alpha value is -7.18. The van der Waals surface area contributed by atoms with E-state index in [1.165, 1.54) is 0 Å². The summed E-state index contributed by atoms with van der Waals surface area (Å²) in [5, 5.41) is 19.3. The molecule has 4 aliphatic rings. The smallest absolute Gasteiger partial charge is 0.251 e. The largest absolute Gasteiger partial charge is 0.343 e. The molecule has 2 saturated heterocycles. The highest BCUT2D eigenvalue weighted by Crippen LogP contribution is 2.32. The lowest BCUT2D eigenvalue weighted by molar-refractivity contribution is -0.141. The SMILES string of the molecule is CN[C@@H](C)C(=O)N[C@H](C(=O)N1CCC[C@@H]1CN(CCc1ccccc1)C(=O)CNC(=O)c1ccc2cc(C(=O)NCC(=O)N(CCc3ccccc3)C[C@@H]3CCCN3C(=O)[C@@H](NC(=O)[C@H](C)NC)C3CCCCC3)ccc2c1)C1CCCCC1. The fourth-order valence-corrected chi connectivity index (χ4v) is 12.7. The summed E-state index contributed by atoms with van der Waals surface area (Å²) in [6.45, 7) is 5.47. The summed E-state index contributed by atoms with van der Waals surface area (Å²) in [6, 6.07) is 27.3. The maximum Gasteiger partial charge on any atom is 0.251 e. The minimum absolute atomic E-state index is 0.0424. The van der Waals surface area contributed by atoms with E-state index in [4.69, 9.17) is 0 Å². The van der Waals surface area contributed by atoms with Gasteiger partial charge in [-0.2, -0.15) is 0 Å². The molecule has 4 fully saturated rings. The number of carbonyl (C=O) groups excluding carboxylic acids is 8. The van der Waals surface area contributed by atoms with Crippen LogP contribution in [-0.2, 0) is 41.6 Å². The van der Waals surface area contributed by atoms with Gasteiger partial charge in [-0.15, -0.1) is 0 Å². The number of hydrogen-bond acceptors (Lipinski definition) is 10. The third-order valence-corrected chi connectivity index (χ3v) is 18.1. The van der Waals surface area contributed by atoms with Crippen molar-refractivity contribution in [2.24, 2.45) is 11.8 Å². The second kappa shape index (κ2) is 31.1. The number of nitrogens with zero attached hydrogens (tertiary/aromatic N) is 4. The molecule has 2 saturated carbocycles. The molecule has 0 spiro atoms. The first-order chi connectivity index (χ1) is 40.7. The monoisotopic (exact) mass is 1150 g/mol. The summed E-state index contributed by atoms with van der Waals surface area (Å²) in [4.78, 5) is 119. The first-order valence-corrected chi connectivity index (χ1v) is 31.0. The van der Waals surface area contributed by atoms with Crippen LogP contribution in [0.3, 0.4) is 0 Å². The van der Waals surface area contributed by atoms with Crippen molar-refractivity contribution in [2.45, 2.75) is 153 Å². The van der Waals surface area contributed by atoms with Crippen LogP contribution in [0.5, 0.6) is 0 Å². The molecule has 0 unspecified atom stereocenters. The van der Waals surface area contributed by atoms with Gasteiger partial charge in [-0.25, -0.2) is 0 Å². The highest BCUT2D eigenvalue weighted by atomic mass is 16.2. The number of amides is 8. The standard InChI is InChI=1S/C66H90N10O8/c1-45(67-3)61(79)71-59(49-23-13-7-14-24-49)65(83)75-35-17-27-55(75)43-73(37-33-47-19-9-5-10-20-47)57(77)41-69-63(81)53-31-29-52-40-54(32-30-51(52)39-53)64(82)70-42-58(78)74(38-34-48-21-11-6-12-22-48)44-56-28-18-36-76(56)66(84)60(50-25-15-8-16-26-50)72-62(80)46(2)68-4/h5-6,9-12,19-22,29-32,39-40,45-46,49-50,55-56,59-60,67-68H,7-8,13-18,23-28,33-38,41-44H2,1-4H3,(H,69,81)(H,70,82)(H,71,79)(H,72,80)/t45-,46-,55-,56+,59-,60-/m0/s1. The molecule has 6 N–H and O–H groups in total. The van der Waals surface area contributed by atoms with Crippen LogP contribution in [0.2, 0.25) is 0 Å². The Labute approximate surface area is 496 Å². The van der Waals surface area contributed by atoms with Crippen LogP contribution in [0.15, 0.2) is 97.1 Å². The van der Waals surface area contributed by atoms with E-state index in [0.717, 1.165) is 88.2 Å². The number of rotatable bonds is 26. The minimum atomic E-state index is -0.642. The van der Waals surface area contributed by atoms with Gasteiger partial charge in [0, 0.05) is 62.5 Å². The molecule has 8 amide bonds. The average Bonchev–Trinajstić information content (AvgIpc) is 4.21. The van der Waals surface area contributed by atoms with Gasteiger partial charge in [-0.05, 0) is 150 Å². The fraction of sp³-hybridized carbons (Fsp3) is 0.545. The Balaban J connectivity index is 0.892. The van der Waals surface area contributed by atoms with Gasteiger partial charge >= 0.3 is 0 Å². The van der Waals surface area contributed by atoms with Gasteiger partial charge in [-0.1, -0.05) is 111 Å². The molecule has 6 atom stereocenters. The number of fused-ring (bicyclic) bond motifs is 1. The Bertz CT molecular complexity index is 2690. The molecule has 8 rings (SSSR count). The molecular formula is C66H90N10O8. The first-order valence-electron chi connectivity index (χ1n) is 31.0. The molecule has 4 aromatic rings. The van der Waals surface area contributed by atoms with Gasteiger partial charge in [0.05, 0.1) is 25.2 Å². The summed E-state index contributed by atoms with van der Waals surface area (Å²) >= 11 is 0. The zero-order chi connectivity index (χ0) is 59.5. The summed E-state index contributed by atoms with van der Waals surface area (Å²) in [5.41, 5.74) is 2.79. The lowest BCUT2D eigenvalue weighted by Gasteiger charge is -2.37. The quantitative estimate of drug-likeness (QED) is 0.0446. The Morgan fingerprint density at radius 1 is 0.488 bits per heavy atom. The van der Waals surface area contributed by atoms with Crippen molar-refractivity contribution < 1.29 is 38.4 Å². The lowest BCUT2D eigenvalue weighted by atomic mass is 9.83. The average molecular weight is 1150 g/mol. The zero-order valence-electron chi connectivity index (χ0n) is 49.9. The first kappa shape index (κ1) is 62.9. The molecule has 0 bridgehead atoms. The van der Waals surface area contributed by atoms with Crippen LogP contribution in [-0.4, -0.2) is 170 Å². The Kier molecular flexibility index (Phi) is 23.3. The van der Waals surface area contributed by atoms with Crippen molar-refractivity contribution in [2.75, 3.05) is 66.5 Å². The molecule has 0 radical (unpaired) electrons. The van der Waals surface area contributed by atoms with E-state index in [9.17, 15) is 38.4 Å². The molecule has 4 aromatic carbocycles. The van der Waals surface area contributed by atoms with Crippen molar-refractivity contribution in [3.8, 4) is 0 Å². The number of benzene rings is 4. The van der Waals surface area contributed by atoms with Crippen molar-refractivity contribution in [1.29, 1.82) is 0 Å². The van der Waals surface area contributed by atoms with Crippen molar-refractivity contribution in [1.82, 2.24) is 51.5 Å². The number of nitrogens with one attached hydrogen (secondary N) is 6. The van der Waals surface area contributed by atoms with Crippen LogP contribution in [0.4, 0.5) is 0 Å². The fourth-order valence-electron chi connectivity index (χ4n) is 12.7. The molecule has 452 valence electrons. The topological polar surface area (TPSA) is 222 Å². The van der Waals surface area contributed by atoms with Gasteiger partial charge in [0.15, 0.2) is 0 Å². The predicted octanol–water partition coefficient (Wildman–Crippen LogP) is 5.77. The predicted molar refractivity (Wildman–Crippen MR) is 326 cm³/mol. The van der Waals surface area contributed by atoms with Gasteiger partial charge in [-0.3, -0.25) is 38.4 Å². The number of carbonyl (C=O) groups is 8.